The van der Waals surface area contributed by atoms with Gasteiger partial charge in [-0.25, -0.2) is 31.4 Å². The number of likely N-dealkylation sites (tertiary alicyclic amines) is 1. The van der Waals surface area contributed by atoms with Crippen molar-refractivity contribution < 1.29 is 57.1 Å². The number of aromatic hydroxyl groups is 2. The second kappa shape index (κ2) is 31.1. The number of piperidine rings is 1. The smallest absolute Gasteiger partial charge is 0.339 e. The van der Waals surface area contributed by atoms with E-state index in [0.29, 0.717) is 5.69 Å². The number of nitrogens with one attached hydrogen (secondary N) is 2. The molecule has 8 aromatic rings. The Kier molecular flexibility index (Phi) is 24.4. The third kappa shape index (κ3) is 21.4. The van der Waals surface area contributed by atoms with E-state index in [-0.39, 0.29) is 50.4 Å². The molecule has 83 heavy (non-hydrogen) atoms. The molecule has 1 aliphatic heterocycles. The Hall–Kier alpha value is -8.53. The van der Waals surface area contributed by atoms with Gasteiger partial charge in [0.15, 0.2) is 0 Å². The average Bonchev–Trinajstić information content (AvgIpc) is 3.63. The Morgan fingerprint density at radius 1 is 0.651 bits per heavy atom. The molecule has 8 N–H and O–H groups in total. The zero-order chi connectivity index (χ0) is 60.6. The number of aliphatic hydroxyl groups is 2. The Labute approximate surface area is 485 Å². The molecule has 6 aromatic carbocycles. The zero-order valence-corrected chi connectivity index (χ0v) is 48.5. The second-order valence-corrected chi connectivity index (χ2v) is 24.5. The molecule has 0 radical (unpaired) electrons. The first-order valence-corrected chi connectivity index (χ1v) is 30.2. The number of carboxylic acids is 2. The van der Waals surface area contributed by atoms with Crippen molar-refractivity contribution >= 4 is 49.0 Å². The minimum Gasteiger partial charge on any atom is -0.507 e. The number of para-hydroxylation sites is 1. The molecule has 2 aromatic heterocycles. The van der Waals surface area contributed by atoms with Gasteiger partial charge in [0.25, 0.3) is 10.0 Å². The number of sulfone groups is 1. The van der Waals surface area contributed by atoms with E-state index in [9.17, 15) is 41.7 Å². The summed E-state index contributed by atoms with van der Waals surface area (Å²) in [7, 11) is -6.46. The molecule has 1 saturated heterocycles. The number of aromatic carboxylic acids is 2. The lowest BCUT2D eigenvalue weighted by atomic mass is 9.72. The largest absolute Gasteiger partial charge is 0.507 e. The molecule has 1 aliphatic rings. The average molecular weight is 1170 g/mol. The first-order valence-electron chi connectivity index (χ1n) is 26.5. The number of nitrogens with zero attached hydrogens (tertiary/aromatic N) is 4. The molecular formula is C63H72N6O12S2. The fraction of sp³-hybridized carbons (Fsp3) is 0.254. The number of sulfonamides is 1. The van der Waals surface area contributed by atoms with Crippen LogP contribution in [0.15, 0.2) is 216 Å². The Morgan fingerprint density at radius 2 is 1.16 bits per heavy atom. The number of benzene rings is 6. The molecule has 0 bridgehead atoms. The van der Waals surface area contributed by atoms with Crippen molar-refractivity contribution in [1.82, 2.24) is 14.9 Å². The van der Waals surface area contributed by atoms with Crippen LogP contribution in [0.2, 0.25) is 0 Å². The van der Waals surface area contributed by atoms with Crippen LogP contribution in [0.1, 0.15) is 95.5 Å². The molecule has 1 unspecified atom stereocenters. The Morgan fingerprint density at radius 3 is 1.64 bits per heavy atom. The monoisotopic (exact) mass is 1170 g/mol. The highest BCUT2D eigenvalue weighted by Gasteiger charge is 2.41. The van der Waals surface area contributed by atoms with Crippen molar-refractivity contribution in [2.75, 3.05) is 36.9 Å². The number of aromatic amines is 1. The fourth-order valence-corrected chi connectivity index (χ4v) is 9.60. The number of aliphatic hydroxyl groups excluding tert-OH is 1. The number of carbonyl (C=O) groups is 2. The zero-order valence-electron chi connectivity index (χ0n) is 46.9. The summed E-state index contributed by atoms with van der Waals surface area (Å²) < 4.78 is 46.3. The Bertz CT molecular complexity index is 3440. The highest BCUT2D eigenvalue weighted by molar-refractivity contribution is 7.92. The molecule has 18 nitrogen and oxygen atoms in total. The van der Waals surface area contributed by atoms with E-state index < -0.39 is 43.5 Å². The molecule has 9 rings (SSSR count). The van der Waals surface area contributed by atoms with Gasteiger partial charge in [0, 0.05) is 31.1 Å². The molecule has 0 spiro atoms. The summed E-state index contributed by atoms with van der Waals surface area (Å²) in [6.07, 6.45) is 10.8. The third-order valence-corrected chi connectivity index (χ3v) is 14.3. The summed E-state index contributed by atoms with van der Waals surface area (Å²) >= 11 is 0. The number of H-pyrrole nitrogens is 1. The van der Waals surface area contributed by atoms with Crippen molar-refractivity contribution in [1.29, 1.82) is 0 Å². The summed E-state index contributed by atoms with van der Waals surface area (Å²) in [4.78, 5) is 30.6. The third-order valence-electron chi connectivity index (χ3n) is 12.9. The first-order chi connectivity index (χ1) is 39.3. The number of hydrogen-bond acceptors (Lipinski definition) is 14. The number of azo groups is 1. The van der Waals surface area contributed by atoms with Gasteiger partial charge in [0.05, 0.1) is 22.4 Å². The van der Waals surface area contributed by atoms with Gasteiger partial charge < -0.3 is 40.5 Å². The van der Waals surface area contributed by atoms with E-state index in [1.807, 2.05) is 60.9 Å². The van der Waals surface area contributed by atoms with Crippen LogP contribution < -0.4 is 4.72 Å². The summed E-state index contributed by atoms with van der Waals surface area (Å²) in [5, 5.41) is 66.4. The van der Waals surface area contributed by atoms with Crippen molar-refractivity contribution in [2.45, 2.75) is 68.5 Å². The topological polar surface area (TPSA) is 292 Å². The van der Waals surface area contributed by atoms with E-state index in [1.54, 1.807) is 24.3 Å². The Balaban J connectivity index is 0.000000230. The molecule has 0 saturated carbocycles. The van der Waals surface area contributed by atoms with Crippen LogP contribution >= 0.6 is 0 Å². The van der Waals surface area contributed by atoms with Gasteiger partial charge in [-0.05, 0) is 158 Å². The summed E-state index contributed by atoms with van der Waals surface area (Å²) in [6.45, 7) is 9.57. The standard InChI is InChI=1S/C32H41NO2.C18H14N4O5S.C7H6O3.C4H5N.C2H6O2S/c1-31(2,3)26-18-16-25(17-19-26)30(34)15-10-22-33-23-20-29(21-24-33)32(35,27-11-6-4-7-12-27)28-13-8-5-9-14-28;23-16-9-6-13(11-15(16)18(24)25)21-20-12-4-7-14(8-5-12)28(26,27)22-17-3-1-2-10-19-17;8-6-4-2-1-3-5(6)7(9)10;1-2-4-5-3-1;1-5(2,3)4/h4-9,11-14,16-19,29-30,34-35H,10,15,20-24H2,1-3H3;1-11,23H,(H,19,22)(H,24,25);1-4,8H,(H,9,10);1-5H;1-2H3. The number of rotatable bonds is 15. The van der Waals surface area contributed by atoms with Gasteiger partial charge in [-0.1, -0.05) is 124 Å². The predicted molar refractivity (Wildman–Crippen MR) is 322 cm³/mol. The lowest BCUT2D eigenvalue weighted by Crippen LogP contribution is -2.44. The van der Waals surface area contributed by atoms with Crippen molar-refractivity contribution in [2.24, 2.45) is 16.1 Å². The van der Waals surface area contributed by atoms with Crippen LogP contribution in [0.25, 0.3) is 0 Å². The van der Waals surface area contributed by atoms with Crippen LogP contribution in [-0.2, 0) is 30.9 Å². The summed E-state index contributed by atoms with van der Waals surface area (Å²) in [6, 6.07) is 52.7. The maximum atomic E-state index is 12.3. The molecule has 1 fully saturated rings. The molecule has 0 aliphatic carbocycles. The molecule has 3 heterocycles. The van der Waals surface area contributed by atoms with E-state index in [4.69, 9.17) is 15.3 Å². The van der Waals surface area contributed by atoms with Gasteiger partial charge in [-0.15, -0.1) is 0 Å². The van der Waals surface area contributed by atoms with E-state index in [0.717, 1.165) is 74.5 Å². The SMILES string of the molecule is CC(C)(C)c1ccc(C(O)CCCN2CCC(C(O)(c3ccccc3)c3ccccc3)CC2)cc1.CS(C)(=O)=O.O=C(O)c1cc(N=Nc2ccc(S(=O)(=O)Nc3ccccn3)cc2)ccc1O.O=C(O)c1ccccc1O.c1cc[nH]c1. The lowest BCUT2D eigenvalue weighted by molar-refractivity contribution is -0.0146. The first kappa shape index (κ1) is 65.3. The second-order valence-electron chi connectivity index (χ2n) is 20.5. The number of pyridine rings is 1. The van der Waals surface area contributed by atoms with Crippen LogP contribution in [0.4, 0.5) is 17.2 Å². The summed E-state index contributed by atoms with van der Waals surface area (Å²) in [5.41, 5.74) is 3.64. The van der Waals surface area contributed by atoms with Gasteiger partial charge in [-0.3, -0.25) is 4.72 Å². The predicted octanol–water partition coefficient (Wildman–Crippen LogP) is 11.9. The maximum Gasteiger partial charge on any atom is 0.339 e. The lowest BCUT2D eigenvalue weighted by Gasteiger charge is -2.42. The minimum absolute atomic E-state index is 0.0231. The summed E-state index contributed by atoms with van der Waals surface area (Å²) in [5.74, 6) is -2.60. The maximum absolute atomic E-state index is 12.3. The van der Waals surface area contributed by atoms with E-state index in [1.165, 1.54) is 72.4 Å². The van der Waals surface area contributed by atoms with Gasteiger partial charge in [0.2, 0.25) is 0 Å². The number of phenols is 2. The molecule has 1 atom stereocenters. The van der Waals surface area contributed by atoms with Crippen LogP contribution in [0, 0.1) is 5.92 Å². The quantitative estimate of drug-likeness (QED) is 0.0443. The normalized spacial score (nSPS) is 13.2. The minimum atomic E-state index is -3.79. The van der Waals surface area contributed by atoms with Gasteiger partial charge in [0.1, 0.15) is 43.9 Å². The van der Waals surface area contributed by atoms with Crippen molar-refractivity contribution in [3.63, 3.8) is 0 Å². The van der Waals surface area contributed by atoms with Gasteiger partial charge >= 0.3 is 11.9 Å². The van der Waals surface area contributed by atoms with Crippen LogP contribution in [-0.4, -0.2) is 106 Å². The van der Waals surface area contributed by atoms with Crippen LogP contribution in [0.3, 0.4) is 0 Å². The molecule has 20 heteroatoms. The highest BCUT2D eigenvalue weighted by Crippen LogP contribution is 2.42. The molecule has 438 valence electrons. The van der Waals surface area contributed by atoms with Crippen LogP contribution in [0.5, 0.6) is 11.5 Å². The highest BCUT2D eigenvalue weighted by atomic mass is 32.2. The van der Waals surface area contributed by atoms with Gasteiger partial charge in [-0.2, -0.15) is 10.2 Å². The van der Waals surface area contributed by atoms with Crippen molar-refractivity contribution in [3.05, 3.63) is 234 Å². The number of anilines is 1. The number of aromatic nitrogens is 2. The molecule has 0 amide bonds. The van der Waals surface area contributed by atoms with Crippen molar-refractivity contribution in [3.8, 4) is 11.5 Å². The number of carboxylic acid groups (broad SMARTS) is 2. The van der Waals surface area contributed by atoms with E-state index in [2.05, 4.69) is 99.1 Å². The fourth-order valence-electron chi connectivity index (χ4n) is 8.59. The van der Waals surface area contributed by atoms with E-state index >= 15 is 0 Å². The number of hydrogen-bond donors (Lipinski definition) is 8. The molecular weight excluding hydrogens is 1100 g/mol.